The number of aliphatic hydroxyl groups excluding tert-OH is 1. The number of aliphatic hydroxyl groups is 1. The molecule has 96 valence electrons. The summed E-state index contributed by atoms with van der Waals surface area (Å²) >= 11 is 0. The highest BCUT2D eigenvalue weighted by atomic mass is 16.2. The third-order valence-electron chi connectivity index (χ3n) is 3.74. The number of rotatable bonds is 8. The molecule has 0 aromatic heterocycles. The molecule has 0 aromatic rings. The molecule has 1 aliphatic rings. The standard InChI is InChI=1S/C14H29NO/c1-13(15-10-6-3-7-11-16)12-14-8-4-2-5-9-14/h13-16H,2-12H2,1H3. The van der Waals surface area contributed by atoms with Crippen LogP contribution >= 0.6 is 0 Å². The Balaban J connectivity index is 1.95. The van der Waals surface area contributed by atoms with Crippen LogP contribution in [0.4, 0.5) is 0 Å². The molecule has 0 spiro atoms. The van der Waals surface area contributed by atoms with Crippen LogP contribution < -0.4 is 5.32 Å². The van der Waals surface area contributed by atoms with Crippen molar-refractivity contribution in [1.29, 1.82) is 0 Å². The summed E-state index contributed by atoms with van der Waals surface area (Å²) in [4.78, 5) is 0. The van der Waals surface area contributed by atoms with Gasteiger partial charge in [0, 0.05) is 12.6 Å². The van der Waals surface area contributed by atoms with Crippen molar-refractivity contribution in [3.05, 3.63) is 0 Å². The Morgan fingerprint density at radius 3 is 2.56 bits per heavy atom. The van der Waals surface area contributed by atoms with Gasteiger partial charge in [-0.3, -0.25) is 0 Å². The fourth-order valence-corrected chi connectivity index (χ4v) is 2.77. The molecule has 1 unspecified atom stereocenters. The summed E-state index contributed by atoms with van der Waals surface area (Å²) in [7, 11) is 0. The van der Waals surface area contributed by atoms with Crippen LogP contribution in [0.5, 0.6) is 0 Å². The Hall–Kier alpha value is -0.0800. The second-order valence-electron chi connectivity index (χ2n) is 5.38. The molecule has 0 saturated heterocycles. The van der Waals surface area contributed by atoms with Crippen molar-refractivity contribution in [2.24, 2.45) is 5.92 Å². The first kappa shape index (κ1) is 14.0. The monoisotopic (exact) mass is 227 g/mol. The highest BCUT2D eigenvalue weighted by Crippen LogP contribution is 2.27. The van der Waals surface area contributed by atoms with Gasteiger partial charge in [-0.05, 0) is 45.1 Å². The lowest BCUT2D eigenvalue weighted by atomic mass is 9.85. The minimum Gasteiger partial charge on any atom is -0.396 e. The van der Waals surface area contributed by atoms with E-state index >= 15 is 0 Å². The second kappa shape index (κ2) is 9.00. The van der Waals surface area contributed by atoms with Gasteiger partial charge in [0.2, 0.25) is 0 Å². The highest BCUT2D eigenvalue weighted by Gasteiger charge is 2.15. The van der Waals surface area contributed by atoms with Gasteiger partial charge in [-0.25, -0.2) is 0 Å². The molecule has 1 fully saturated rings. The summed E-state index contributed by atoms with van der Waals surface area (Å²) in [5.41, 5.74) is 0. The number of hydrogen-bond donors (Lipinski definition) is 2. The van der Waals surface area contributed by atoms with Crippen LogP contribution in [0.25, 0.3) is 0 Å². The van der Waals surface area contributed by atoms with Crippen LogP contribution in [0.15, 0.2) is 0 Å². The normalized spacial score (nSPS) is 19.9. The predicted molar refractivity (Wildman–Crippen MR) is 69.6 cm³/mol. The minimum atomic E-state index is 0.345. The van der Waals surface area contributed by atoms with E-state index in [4.69, 9.17) is 5.11 Å². The Labute approximate surface area is 101 Å². The molecule has 0 amide bonds. The maximum absolute atomic E-state index is 8.67. The van der Waals surface area contributed by atoms with Crippen molar-refractivity contribution in [3.8, 4) is 0 Å². The van der Waals surface area contributed by atoms with Crippen molar-refractivity contribution in [3.63, 3.8) is 0 Å². The van der Waals surface area contributed by atoms with E-state index in [0.717, 1.165) is 25.3 Å². The third-order valence-corrected chi connectivity index (χ3v) is 3.74. The maximum atomic E-state index is 8.67. The van der Waals surface area contributed by atoms with Crippen molar-refractivity contribution < 1.29 is 5.11 Å². The fraction of sp³-hybridized carbons (Fsp3) is 1.00. The van der Waals surface area contributed by atoms with Gasteiger partial charge in [0.1, 0.15) is 0 Å². The lowest BCUT2D eigenvalue weighted by Gasteiger charge is -2.25. The number of nitrogens with one attached hydrogen (secondary N) is 1. The zero-order chi connectivity index (χ0) is 11.6. The van der Waals surface area contributed by atoms with Crippen molar-refractivity contribution in [2.75, 3.05) is 13.2 Å². The van der Waals surface area contributed by atoms with Crippen molar-refractivity contribution in [2.45, 2.75) is 70.8 Å². The molecule has 0 heterocycles. The molecule has 2 heteroatoms. The predicted octanol–water partition coefficient (Wildman–Crippen LogP) is 3.10. The molecule has 2 N–H and O–H groups in total. The van der Waals surface area contributed by atoms with Crippen LogP contribution in [-0.2, 0) is 0 Å². The van der Waals surface area contributed by atoms with E-state index in [1.54, 1.807) is 0 Å². The summed E-state index contributed by atoms with van der Waals surface area (Å²) in [6.07, 6.45) is 11.9. The van der Waals surface area contributed by atoms with Gasteiger partial charge in [0.15, 0.2) is 0 Å². The van der Waals surface area contributed by atoms with E-state index in [1.165, 1.54) is 44.9 Å². The maximum Gasteiger partial charge on any atom is 0.0431 e. The Kier molecular flexibility index (Phi) is 7.87. The van der Waals surface area contributed by atoms with Crippen LogP contribution in [0.3, 0.4) is 0 Å². The first-order chi connectivity index (χ1) is 7.83. The largest absolute Gasteiger partial charge is 0.396 e. The molecule has 0 radical (unpaired) electrons. The van der Waals surface area contributed by atoms with E-state index < -0.39 is 0 Å². The lowest BCUT2D eigenvalue weighted by molar-refractivity contribution is 0.280. The topological polar surface area (TPSA) is 32.3 Å². The molecule has 1 aliphatic carbocycles. The Morgan fingerprint density at radius 1 is 1.12 bits per heavy atom. The van der Waals surface area contributed by atoms with Gasteiger partial charge in [-0.1, -0.05) is 32.1 Å². The van der Waals surface area contributed by atoms with Gasteiger partial charge in [-0.15, -0.1) is 0 Å². The summed E-state index contributed by atoms with van der Waals surface area (Å²) in [5, 5.41) is 12.3. The Morgan fingerprint density at radius 2 is 1.88 bits per heavy atom. The molecule has 1 rings (SSSR count). The van der Waals surface area contributed by atoms with Crippen molar-refractivity contribution in [1.82, 2.24) is 5.32 Å². The summed E-state index contributed by atoms with van der Waals surface area (Å²) in [5.74, 6) is 0.980. The highest BCUT2D eigenvalue weighted by molar-refractivity contribution is 4.71. The first-order valence-electron chi connectivity index (χ1n) is 7.17. The zero-order valence-electron chi connectivity index (χ0n) is 10.9. The van der Waals surface area contributed by atoms with Gasteiger partial charge < -0.3 is 10.4 Å². The van der Waals surface area contributed by atoms with E-state index in [2.05, 4.69) is 12.2 Å². The molecular formula is C14H29NO. The molecule has 0 aliphatic heterocycles. The van der Waals surface area contributed by atoms with Crippen LogP contribution in [0.1, 0.15) is 64.7 Å². The van der Waals surface area contributed by atoms with Gasteiger partial charge in [-0.2, -0.15) is 0 Å². The Bertz CT molecular complexity index is 155. The average Bonchev–Trinajstić information content (AvgIpc) is 2.30. The molecule has 0 aromatic carbocycles. The summed E-state index contributed by atoms with van der Waals surface area (Å²) in [6.45, 7) is 3.78. The molecular weight excluding hydrogens is 198 g/mol. The van der Waals surface area contributed by atoms with Gasteiger partial charge in [0.25, 0.3) is 0 Å². The molecule has 0 bridgehead atoms. The van der Waals surface area contributed by atoms with Crippen LogP contribution in [-0.4, -0.2) is 24.3 Å². The fourth-order valence-electron chi connectivity index (χ4n) is 2.77. The number of hydrogen-bond acceptors (Lipinski definition) is 2. The van der Waals surface area contributed by atoms with E-state index in [9.17, 15) is 0 Å². The minimum absolute atomic E-state index is 0.345. The quantitative estimate of drug-likeness (QED) is 0.625. The third kappa shape index (κ3) is 6.49. The number of unbranched alkanes of at least 4 members (excludes halogenated alkanes) is 2. The van der Waals surface area contributed by atoms with E-state index in [-0.39, 0.29) is 0 Å². The molecule has 16 heavy (non-hydrogen) atoms. The summed E-state index contributed by atoms with van der Waals surface area (Å²) < 4.78 is 0. The first-order valence-corrected chi connectivity index (χ1v) is 7.17. The van der Waals surface area contributed by atoms with Gasteiger partial charge >= 0.3 is 0 Å². The average molecular weight is 227 g/mol. The molecule has 1 atom stereocenters. The van der Waals surface area contributed by atoms with Crippen LogP contribution in [0, 0.1) is 5.92 Å². The van der Waals surface area contributed by atoms with Crippen LogP contribution in [0.2, 0.25) is 0 Å². The molecule has 1 saturated carbocycles. The molecule has 2 nitrogen and oxygen atoms in total. The van der Waals surface area contributed by atoms with Gasteiger partial charge in [0.05, 0.1) is 0 Å². The van der Waals surface area contributed by atoms with E-state index in [1.807, 2.05) is 0 Å². The van der Waals surface area contributed by atoms with E-state index in [0.29, 0.717) is 12.6 Å². The van der Waals surface area contributed by atoms with Crippen molar-refractivity contribution >= 4 is 0 Å². The SMILES string of the molecule is CC(CC1CCCCC1)NCCCCCO. The summed E-state index contributed by atoms with van der Waals surface area (Å²) in [6, 6.07) is 0.678. The lowest BCUT2D eigenvalue weighted by Crippen LogP contribution is -2.29. The smallest absolute Gasteiger partial charge is 0.0431 e. The zero-order valence-corrected chi connectivity index (χ0v) is 10.9. The second-order valence-corrected chi connectivity index (χ2v) is 5.38.